The van der Waals surface area contributed by atoms with Crippen molar-refractivity contribution in [3.63, 3.8) is 0 Å². The second-order valence-corrected chi connectivity index (χ2v) is 7.12. The number of ether oxygens (including phenoxy) is 1. The number of nitrogens with zero attached hydrogens (tertiary/aromatic N) is 5. The molecule has 0 radical (unpaired) electrons. The fraction of sp³-hybridized carbons (Fsp3) is 0.875. The van der Waals surface area contributed by atoms with Crippen molar-refractivity contribution in [3.8, 4) is 0 Å². The molecule has 0 bridgehead atoms. The minimum atomic E-state index is -0.598. The maximum atomic E-state index is 12.3. The molecule has 0 aliphatic carbocycles. The minimum absolute atomic E-state index is 0.0195. The van der Waals surface area contributed by atoms with Crippen LogP contribution in [-0.4, -0.2) is 71.3 Å². The van der Waals surface area contributed by atoms with E-state index in [1.807, 2.05) is 0 Å². The van der Waals surface area contributed by atoms with Crippen LogP contribution in [0, 0.1) is 0 Å². The number of rotatable bonds is 7. The van der Waals surface area contributed by atoms with Crippen molar-refractivity contribution < 1.29 is 19.4 Å². The molecule has 0 aromatic carbocycles. The summed E-state index contributed by atoms with van der Waals surface area (Å²) in [4.78, 5) is 30.4. The van der Waals surface area contributed by atoms with Gasteiger partial charge in [0.2, 0.25) is 5.91 Å². The summed E-state index contributed by atoms with van der Waals surface area (Å²) in [5.74, 6) is 0.0195. The summed E-state index contributed by atoms with van der Waals surface area (Å²) in [6, 6.07) is -0.447. The van der Waals surface area contributed by atoms with E-state index in [2.05, 4.69) is 10.0 Å². The van der Waals surface area contributed by atoms with E-state index >= 15 is 0 Å². The lowest BCUT2D eigenvalue weighted by atomic mass is 10.1. The average Bonchev–Trinajstić information content (AvgIpc) is 2.55. The van der Waals surface area contributed by atoms with Crippen molar-refractivity contribution in [1.82, 2.24) is 9.80 Å². The molecule has 1 unspecified atom stereocenters. The van der Waals surface area contributed by atoms with Crippen LogP contribution in [0.1, 0.15) is 46.5 Å². The van der Waals surface area contributed by atoms with E-state index < -0.39 is 17.7 Å². The molecule has 1 atom stereocenters. The average molecular weight is 355 g/mol. The zero-order valence-corrected chi connectivity index (χ0v) is 15.3. The van der Waals surface area contributed by atoms with Gasteiger partial charge in [-0.05, 0) is 39.1 Å². The van der Waals surface area contributed by atoms with Crippen LogP contribution in [0.25, 0.3) is 10.4 Å². The minimum Gasteiger partial charge on any atom is -0.444 e. The first-order valence-electron chi connectivity index (χ1n) is 8.67. The molecular weight excluding hydrogens is 326 g/mol. The Morgan fingerprint density at radius 1 is 1.28 bits per heavy atom. The van der Waals surface area contributed by atoms with Crippen LogP contribution < -0.4 is 0 Å². The number of carbonyl (C=O) groups is 2. The van der Waals surface area contributed by atoms with Gasteiger partial charge in [-0.3, -0.25) is 9.69 Å². The monoisotopic (exact) mass is 355 g/mol. The molecule has 0 aromatic heterocycles. The van der Waals surface area contributed by atoms with Crippen molar-refractivity contribution in [1.29, 1.82) is 0 Å². The van der Waals surface area contributed by atoms with Crippen LogP contribution in [0.2, 0.25) is 0 Å². The van der Waals surface area contributed by atoms with E-state index in [1.165, 1.54) is 4.90 Å². The quantitative estimate of drug-likeness (QED) is 0.326. The SMILES string of the molecule is CC(C)(C)OC(=O)N1CCN(C(=O)CCCCCN=[N+]=[N-])CC1CO. The first-order chi connectivity index (χ1) is 11.8. The van der Waals surface area contributed by atoms with E-state index in [1.54, 1.807) is 25.7 Å². The molecule has 0 saturated carbocycles. The normalized spacial score (nSPS) is 17.8. The molecule has 1 fully saturated rings. The zero-order valence-electron chi connectivity index (χ0n) is 15.3. The van der Waals surface area contributed by atoms with E-state index in [-0.39, 0.29) is 12.5 Å². The molecule has 1 rings (SSSR count). The van der Waals surface area contributed by atoms with Gasteiger partial charge in [0.25, 0.3) is 0 Å². The Morgan fingerprint density at radius 2 is 2.00 bits per heavy atom. The summed E-state index contributed by atoms with van der Waals surface area (Å²) in [5.41, 5.74) is 7.59. The van der Waals surface area contributed by atoms with Crippen LogP contribution in [0.4, 0.5) is 4.79 Å². The summed E-state index contributed by atoms with van der Waals surface area (Å²) in [6.45, 7) is 6.71. The maximum Gasteiger partial charge on any atom is 0.410 e. The molecule has 1 saturated heterocycles. The number of unbranched alkanes of at least 4 members (excludes halogenated alkanes) is 2. The van der Waals surface area contributed by atoms with Crippen molar-refractivity contribution >= 4 is 12.0 Å². The molecule has 1 aliphatic heterocycles. The van der Waals surface area contributed by atoms with Crippen LogP contribution in [-0.2, 0) is 9.53 Å². The van der Waals surface area contributed by atoms with E-state index in [4.69, 9.17) is 10.3 Å². The summed E-state index contributed by atoms with van der Waals surface area (Å²) in [7, 11) is 0. The predicted octanol–water partition coefficient (Wildman–Crippen LogP) is 2.30. The molecule has 1 N–H and O–H groups in total. The molecular formula is C16H29N5O4. The Hall–Kier alpha value is -1.99. The van der Waals surface area contributed by atoms with Gasteiger partial charge in [-0.2, -0.15) is 0 Å². The molecule has 9 heteroatoms. The van der Waals surface area contributed by atoms with E-state index in [9.17, 15) is 14.7 Å². The number of amides is 2. The standard InChI is InChI=1S/C16H29N5O4/c1-16(2,3)25-15(24)21-10-9-20(11-13(21)12-22)14(23)7-5-4-6-8-18-19-17/h13,22H,4-12H2,1-3H3. The largest absolute Gasteiger partial charge is 0.444 e. The smallest absolute Gasteiger partial charge is 0.410 e. The van der Waals surface area contributed by atoms with Crippen molar-refractivity contribution in [3.05, 3.63) is 10.4 Å². The third-order valence-corrected chi connectivity index (χ3v) is 3.89. The highest BCUT2D eigenvalue weighted by Gasteiger charge is 2.34. The molecule has 0 spiro atoms. The number of aliphatic hydroxyl groups is 1. The van der Waals surface area contributed by atoms with Gasteiger partial charge in [0, 0.05) is 37.5 Å². The van der Waals surface area contributed by atoms with Gasteiger partial charge in [0.05, 0.1) is 12.6 Å². The fourth-order valence-corrected chi connectivity index (χ4v) is 2.64. The highest BCUT2D eigenvalue weighted by Crippen LogP contribution is 2.17. The lowest BCUT2D eigenvalue weighted by Gasteiger charge is -2.41. The van der Waals surface area contributed by atoms with Gasteiger partial charge < -0.3 is 14.7 Å². The van der Waals surface area contributed by atoms with Crippen molar-refractivity contribution in [2.75, 3.05) is 32.8 Å². The first-order valence-corrected chi connectivity index (χ1v) is 8.67. The number of aliphatic hydroxyl groups excluding tert-OH is 1. The number of hydrogen-bond donors (Lipinski definition) is 1. The molecule has 9 nitrogen and oxygen atoms in total. The van der Waals surface area contributed by atoms with E-state index in [0.717, 1.165) is 19.3 Å². The summed E-state index contributed by atoms with van der Waals surface area (Å²) in [6.07, 6.45) is 2.28. The molecule has 1 heterocycles. The Labute approximate surface area is 148 Å². The van der Waals surface area contributed by atoms with Gasteiger partial charge in [-0.25, -0.2) is 4.79 Å². The predicted molar refractivity (Wildman–Crippen MR) is 92.9 cm³/mol. The Bertz CT molecular complexity index is 499. The summed E-state index contributed by atoms with van der Waals surface area (Å²) >= 11 is 0. The number of azide groups is 1. The second kappa shape index (κ2) is 10.1. The number of carbonyl (C=O) groups excluding carboxylic acids is 2. The van der Waals surface area contributed by atoms with Crippen LogP contribution in [0.15, 0.2) is 5.11 Å². The maximum absolute atomic E-state index is 12.3. The third kappa shape index (κ3) is 7.62. The highest BCUT2D eigenvalue weighted by atomic mass is 16.6. The van der Waals surface area contributed by atoms with Gasteiger partial charge in [-0.15, -0.1) is 0 Å². The van der Waals surface area contributed by atoms with Gasteiger partial charge in [-0.1, -0.05) is 11.5 Å². The van der Waals surface area contributed by atoms with Crippen molar-refractivity contribution in [2.45, 2.75) is 58.1 Å². The lowest BCUT2D eigenvalue weighted by molar-refractivity contribution is -0.134. The molecule has 142 valence electrons. The summed E-state index contributed by atoms with van der Waals surface area (Å²) < 4.78 is 5.35. The van der Waals surface area contributed by atoms with Gasteiger partial charge in [0.1, 0.15) is 5.60 Å². The first kappa shape index (κ1) is 21.1. The fourth-order valence-electron chi connectivity index (χ4n) is 2.64. The number of piperazine rings is 1. The van der Waals surface area contributed by atoms with Crippen LogP contribution in [0.3, 0.4) is 0 Å². The van der Waals surface area contributed by atoms with Gasteiger partial charge in [0.15, 0.2) is 0 Å². The van der Waals surface area contributed by atoms with Crippen LogP contribution >= 0.6 is 0 Å². The highest BCUT2D eigenvalue weighted by molar-refractivity contribution is 5.77. The van der Waals surface area contributed by atoms with Crippen molar-refractivity contribution in [2.24, 2.45) is 5.11 Å². The van der Waals surface area contributed by atoms with Gasteiger partial charge >= 0.3 is 6.09 Å². The molecule has 25 heavy (non-hydrogen) atoms. The van der Waals surface area contributed by atoms with Crippen LogP contribution in [0.5, 0.6) is 0 Å². The number of hydrogen-bond acceptors (Lipinski definition) is 5. The zero-order chi connectivity index (χ0) is 18.9. The third-order valence-electron chi connectivity index (χ3n) is 3.89. The lowest BCUT2D eigenvalue weighted by Crippen LogP contribution is -2.58. The second-order valence-electron chi connectivity index (χ2n) is 7.12. The van der Waals surface area contributed by atoms with E-state index in [0.29, 0.717) is 32.6 Å². The molecule has 0 aromatic rings. The summed E-state index contributed by atoms with van der Waals surface area (Å²) in [5, 5.41) is 13.0. The Kier molecular flexibility index (Phi) is 8.51. The molecule has 2 amide bonds. The topological polar surface area (TPSA) is 119 Å². The Balaban J connectivity index is 2.44. The molecule has 1 aliphatic rings. The Morgan fingerprint density at radius 3 is 2.60 bits per heavy atom.